The van der Waals surface area contributed by atoms with Gasteiger partial charge in [0.05, 0.1) is 11.9 Å². The third-order valence-corrected chi connectivity index (χ3v) is 7.57. The Morgan fingerprint density at radius 1 is 1.12 bits per heavy atom. The minimum atomic E-state index is -3.80. The summed E-state index contributed by atoms with van der Waals surface area (Å²) in [6, 6.07) is 9.63. The van der Waals surface area contributed by atoms with Gasteiger partial charge in [-0.3, -0.25) is 13.9 Å². The van der Waals surface area contributed by atoms with E-state index in [-0.39, 0.29) is 18.5 Å². The Bertz CT molecular complexity index is 1130. The minimum Gasteiger partial charge on any atom is -0.352 e. The fourth-order valence-electron chi connectivity index (χ4n) is 3.23. The summed E-state index contributed by atoms with van der Waals surface area (Å²) in [7, 11) is -3.80. The quantitative estimate of drug-likeness (QED) is 0.480. The summed E-state index contributed by atoms with van der Waals surface area (Å²) in [6.07, 6.45) is 1.75. The lowest BCUT2D eigenvalue weighted by atomic mass is 10.1. The third kappa shape index (κ3) is 7.53. The monoisotopic (exact) mass is 555 g/mol. The van der Waals surface area contributed by atoms with Crippen molar-refractivity contribution in [2.45, 2.75) is 52.7 Å². The highest BCUT2D eigenvalue weighted by molar-refractivity contribution is 9.10. The van der Waals surface area contributed by atoms with E-state index in [1.807, 2.05) is 20.8 Å². The molecule has 34 heavy (non-hydrogen) atoms. The molecular weight excluding hydrogens is 525 g/mol. The van der Waals surface area contributed by atoms with E-state index in [1.54, 1.807) is 25.1 Å². The molecule has 0 spiro atoms. The van der Waals surface area contributed by atoms with E-state index in [4.69, 9.17) is 0 Å². The van der Waals surface area contributed by atoms with Crippen molar-refractivity contribution in [1.29, 1.82) is 0 Å². The first-order valence-corrected chi connectivity index (χ1v) is 13.6. The maximum absolute atomic E-state index is 13.5. The normalized spacial score (nSPS) is 13.1. The fourth-order valence-corrected chi connectivity index (χ4v) is 4.32. The van der Waals surface area contributed by atoms with Crippen LogP contribution in [0.2, 0.25) is 0 Å². The van der Waals surface area contributed by atoms with Gasteiger partial charge in [-0.1, -0.05) is 35.0 Å². The van der Waals surface area contributed by atoms with E-state index >= 15 is 0 Å². The van der Waals surface area contributed by atoms with Gasteiger partial charge in [0.25, 0.3) is 0 Å². The van der Waals surface area contributed by atoms with Crippen molar-refractivity contribution in [3.8, 4) is 0 Å². The molecule has 2 aromatic rings. The zero-order valence-electron chi connectivity index (χ0n) is 20.0. The maximum atomic E-state index is 13.5. The number of hydrogen-bond donors (Lipinski definition) is 1. The largest absolute Gasteiger partial charge is 0.352 e. The van der Waals surface area contributed by atoms with Crippen molar-refractivity contribution in [2.24, 2.45) is 0 Å². The minimum absolute atomic E-state index is 0.0190. The highest BCUT2D eigenvalue weighted by Gasteiger charge is 2.30. The van der Waals surface area contributed by atoms with Crippen LogP contribution in [0.15, 0.2) is 46.9 Å². The molecule has 0 aliphatic rings. The highest BCUT2D eigenvalue weighted by Crippen LogP contribution is 2.25. The topological polar surface area (TPSA) is 86.8 Å². The van der Waals surface area contributed by atoms with Crippen LogP contribution in [0.25, 0.3) is 0 Å². The third-order valence-electron chi connectivity index (χ3n) is 5.54. The van der Waals surface area contributed by atoms with Gasteiger partial charge >= 0.3 is 0 Å². The van der Waals surface area contributed by atoms with Crippen molar-refractivity contribution < 1.29 is 22.4 Å². The number of carbonyl (C=O) groups excluding carboxylic acids is 2. The zero-order valence-corrected chi connectivity index (χ0v) is 22.4. The Morgan fingerprint density at radius 2 is 1.74 bits per heavy atom. The van der Waals surface area contributed by atoms with Crippen LogP contribution in [0.4, 0.5) is 10.1 Å². The second kappa shape index (κ2) is 11.8. The molecule has 2 atom stereocenters. The second-order valence-corrected chi connectivity index (χ2v) is 11.1. The van der Waals surface area contributed by atoms with Gasteiger partial charge in [-0.25, -0.2) is 12.8 Å². The van der Waals surface area contributed by atoms with Crippen LogP contribution < -0.4 is 9.62 Å². The Labute approximate surface area is 209 Å². The Morgan fingerprint density at radius 3 is 2.26 bits per heavy atom. The number of nitrogens with one attached hydrogen (secondary N) is 1. The predicted molar refractivity (Wildman–Crippen MR) is 135 cm³/mol. The summed E-state index contributed by atoms with van der Waals surface area (Å²) >= 11 is 3.39. The number of hydrogen-bond acceptors (Lipinski definition) is 4. The lowest BCUT2D eigenvalue weighted by Crippen LogP contribution is -2.52. The average molecular weight is 556 g/mol. The standard InChI is InChI=1S/C24H31BrFN3O4S/c1-6-17(3)27-24(31)18(4)28(14-19-7-9-20(26)10-8-19)23(30)15-29(34(5,32)33)21-11-12-22(25)16(2)13-21/h7-13,17-18H,6,14-15H2,1-5H3,(H,27,31)/t17-,18+/m0/s1. The molecular formula is C24H31BrFN3O4S. The number of rotatable bonds is 10. The molecule has 0 heterocycles. The lowest BCUT2D eigenvalue weighted by molar-refractivity contribution is -0.139. The number of sulfonamides is 1. The molecule has 2 amide bonds. The van der Waals surface area contributed by atoms with Crippen LogP contribution in [0.5, 0.6) is 0 Å². The van der Waals surface area contributed by atoms with Crippen LogP contribution >= 0.6 is 15.9 Å². The Balaban J connectivity index is 2.39. The second-order valence-electron chi connectivity index (χ2n) is 8.35. The van der Waals surface area contributed by atoms with Crippen LogP contribution in [0.1, 0.15) is 38.3 Å². The summed E-state index contributed by atoms with van der Waals surface area (Å²) in [5, 5.41) is 2.86. The summed E-state index contributed by atoms with van der Waals surface area (Å²) < 4.78 is 40.4. The smallest absolute Gasteiger partial charge is 0.244 e. The van der Waals surface area contributed by atoms with E-state index in [1.165, 1.54) is 29.2 Å². The van der Waals surface area contributed by atoms with Crippen molar-refractivity contribution in [3.63, 3.8) is 0 Å². The SMILES string of the molecule is CC[C@H](C)NC(=O)[C@@H](C)N(Cc1ccc(F)cc1)C(=O)CN(c1ccc(Br)c(C)c1)S(C)(=O)=O. The zero-order chi connectivity index (χ0) is 25.6. The molecule has 2 aromatic carbocycles. The molecule has 1 N–H and O–H groups in total. The predicted octanol–water partition coefficient (Wildman–Crippen LogP) is 3.99. The van der Waals surface area contributed by atoms with Gasteiger partial charge in [0, 0.05) is 17.1 Å². The Hall–Kier alpha value is -2.46. The molecule has 2 rings (SSSR count). The van der Waals surface area contributed by atoms with Crippen molar-refractivity contribution in [2.75, 3.05) is 17.1 Å². The highest BCUT2D eigenvalue weighted by atomic mass is 79.9. The van der Waals surface area contributed by atoms with Gasteiger partial charge in [-0.2, -0.15) is 0 Å². The average Bonchev–Trinajstić information content (AvgIpc) is 2.77. The molecule has 0 aliphatic carbocycles. The van der Waals surface area contributed by atoms with Gasteiger partial charge in [0.1, 0.15) is 18.4 Å². The summed E-state index contributed by atoms with van der Waals surface area (Å²) in [5.41, 5.74) is 1.77. The van der Waals surface area contributed by atoms with E-state index in [2.05, 4.69) is 21.2 Å². The molecule has 7 nitrogen and oxygen atoms in total. The first-order chi connectivity index (χ1) is 15.8. The molecule has 186 valence electrons. The first kappa shape index (κ1) is 27.8. The molecule has 0 aromatic heterocycles. The number of amides is 2. The van der Waals surface area contributed by atoms with Gasteiger partial charge in [-0.15, -0.1) is 0 Å². The summed E-state index contributed by atoms with van der Waals surface area (Å²) in [4.78, 5) is 27.6. The number of aryl methyl sites for hydroxylation is 1. The van der Waals surface area contributed by atoms with Gasteiger partial charge in [0.15, 0.2) is 0 Å². The first-order valence-electron chi connectivity index (χ1n) is 10.9. The molecule has 0 unspecified atom stereocenters. The van der Waals surface area contributed by atoms with Crippen LogP contribution in [-0.2, 0) is 26.2 Å². The van der Waals surface area contributed by atoms with Crippen molar-refractivity contribution in [3.05, 3.63) is 63.9 Å². The molecule has 0 bridgehead atoms. The number of carbonyl (C=O) groups is 2. The van der Waals surface area contributed by atoms with Crippen LogP contribution in [-0.4, -0.2) is 50.0 Å². The molecule has 0 radical (unpaired) electrons. The van der Waals surface area contributed by atoms with E-state index < -0.39 is 34.3 Å². The van der Waals surface area contributed by atoms with E-state index in [0.29, 0.717) is 11.3 Å². The van der Waals surface area contributed by atoms with E-state index in [9.17, 15) is 22.4 Å². The molecule has 0 fully saturated rings. The maximum Gasteiger partial charge on any atom is 0.244 e. The lowest BCUT2D eigenvalue weighted by Gasteiger charge is -2.32. The van der Waals surface area contributed by atoms with Crippen LogP contribution in [0, 0.1) is 12.7 Å². The van der Waals surface area contributed by atoms with Crippen molar-refractivity contribution in [1.82, 2.24) is 10.2 Å². The fraction of sp³-hybridized carbons (Fsp3) is 0.417. The molecule has 10 heteroatoms. The molecule has 0 aliphatic heterocycles. The van der Waals surface area contributed by atoms with E-state index in [0.717, 1.165) is 27.0 Å². The van der Waals surface area contributed by atoms with Gasteiger partial charge < -0.3 is 10.2 Å². The summed E-state index contributed by atoms with van der Waals surface area (Å²) in [5.74, 6) is -1.32. The number of nitrogens with zero attached hydrogens (tertiary/aromatic N) is 2. The molecule has 0 saturated heterocycles. The number of halogens is 2. The summed E-state index contributed by atoms with van der Waals surface area (Å²) in [6.45, 7) is 6.73. The molecule has 0 saturated carbocycles. The number of anilines is 1. The Kier molecular flexibility index (Phi) is 9.64. The van der Waals surface area contributed by atoms with Gasteiger partial charge in [-0.05, 0) is 68.7 Å². The van der Waals surface area contributed by atoms with Gasteiger partial charge in [0.2, 0.25) is 21.8 Å². The number of benzene rings is 2. The van der Waals surface area contributed by atoms with Crippen molar-refractivity contribution >= 4 is 43.5 Å². The van der Waals surface area contributed by atoms with Crippen LogP contribution in [0.3, 0.4) is 0 Å².